The summed E-state index contributed by atoms with van der Waals surface area (Å²) < 4.78 is 5.31. The summed E-state index contributed by atoms with van der Waals surface area (Å²) in [6, 6.07) is 0. The zero-order valence-corrected chi connectivity index (χ0v) is 10.4. The Kier molecular flexibility index (Phi) is 5.37. The third kappa shape index (κ3) is 5.14. The van der Waals surface area contributed by atoms with E-state index in [0.717, 1.165) is 0 Å². The van der Waals surface area contributed by atoms with Gasteiger partial charge in [0.05, 0.1) is 19.1 Å². The molecule has 1 fully saturated rings. The SMILES string of the molecule is CN(C)CCC(=O)N1CCOC(CC(=O)O)C1. The lowest BCUT2D eigenvalue weighted by atomic mass is 10.2. The highest BCUT2D eigenvalue weighted by atomic mass is 16.5. The summed E-state index contributed by atoms with van der Waals surface area (Å²) in [5.74, 6) is -0.824. The number of carbonyl (C=O) groups is 2. The summed E-state index contributed by atoms with van der Waals surface area (Å²) >= 11 is 0. The summed E-state index contributed by atoms with van der Waals surface area (Å²) in [5.41, 5.74) is 0. The second-order valence-electron chi connectivity index (χ2n) is 4.48. The van der Waals surface area contributed by atoms with Gasteiger partial charge in [-0.05, 0) is 14.1 Å². The topological polar surface area (TPSA) is 70.1 Å². The molecule has 1 unspecified atom stereocenters. The minimum atomic E-state index is -0.891. The number of aliphatic carboxylic acids is 1. The molecule has 0 bridgehead atoms. The van der Waals surface area contributed by atoms with E-state index in [-0.39, 0.29) is 18.4 Å². The van der Waals surface area contributed by atoms with Crippen LogP contribution in [0, 0.1) is 0 Å². The molecule has 0 aromatic carbocycles. The van der Waals surface area contributed by atoms with Crippen molar-refractivity contribution in [2.45, 2.75) is 18.9 Å². The lowest BCUT2D eigenvalue weighted by Gasteiger charge is -2.32. The Morgan fingerprint density at radius 2 is 2.18 bits per heavy atom. The number of hydrogen-bond acceptors (Lipinski definition) is 4. The molecule has 6 heteroatoms. The largest absolute Gasteiger partial charge is 0.481 e. The Labute approximate surface area is 101 Å². The molecule has 0 saturated carbocycles. The number of carboxylic acid groups (broad SMARTS) is 1. The van der Waals surface area contributed by atoms with E-state index in [1.165, 1.54) is 0 Å². The maximum absolute atomic E-state index is 11.8. The van der Waals surface area contributed by atoms with Gasteiger partial charge in [-0.2, -0.15) is 0 Å². The summed E-state index contributed by atoms with van der Waals surface area (Å²) in [6.45, 7) is 2.08. The van der Waals surface area contributed by atoms with E-state index in [1.54, 1.807) is 4.90 Å². The minimum absolute atomic E-state index is 0.0442. The summed E-state index contributed by atoms with van der Waals surface area (Å²) in [5, 5.41) is 8.68. The van der Waals surface area contributed by atoms with Gasteiger partial charge in [0.25, 0.3) is 0 Å². The molecule has 0 aromatic heterocycles. The van der Waals surface area contributed by atoms with Crippen molar-refractivity contribution in [3.63, 3.8) is 0 Å². The predicted octanol–water partition coefficient (Wildman–Crippen LogP) is -0.360. The van der Waals surface area contributed by atoms with Gasteiger partial charge >= 0.3 is 5.97 Å². The highest BCUT2D eigenvalue weighted by Gasteiger charge is 2.25. The van der Waals surface area contributed by atoms with Gasteiger partial charge in [-0.25, -0.2) is 0 Å². The van der Waals surface area contributed by atoms with Crippen molar-refractivity contribution in [2.24, 2.45) is 0 Å². The fraction of sp³-hybridized carbons (Fsp3) is 0.818. The van der Waals surface area contributed by atoms with Crippen molar-refractivity contribution in [1.29, 1.82) is 0 Å². The van der Waals surface area contributed by atoms with Gasteiger partial charge in [-0.15, -0.1) is 0 Å². The van der Waals surface area contributed by atoms with Gasteiger partial charge < -0.3 is 19.6 Å². The number of nitrogens with zero attached hydrogens (tertiary/aromatic N) is 2. The first-order chi connectivity index (χ1) is 7.99. The van der Waals surface area contributed by atoms with Gasteiger partial charge in [0.15, 0.2) is 0 Å². The van der Waals surface area contributed by atoms with E-state index in [1.807, 2.05) is 19.0 Å². The fourth-order valence-electron chi connectivity index (χ4n) is 1.74. The molecular formula is C11H20N2O4. The molecular weight excluding hydrogens is 224 g/mol. The van der Waals surface area contributed by atoms with E-state index in [0.29, 0.717) is 32.7 Å². The van der Waals surface area contributed by atoms with Crippen molar-refractivity contribution in [3.05, 3.63) is 0 Å². The molecule has 1 heterocycles. The monoisotopic (exact) mass is 244 g/mol. The Balaban J connectivity index is 2.37. The van der Waals surface area contributed by atoms with Crippen LogP contribution in [0.5, 0.6) is 0 Å². The molecule has 6 nitrogen and oxygen atoms in total. The third-order valence-electron chi connectivity index (χ3n) is 2.67. The zero-order chi connectivity index (χ0) is 12.8. The van der Waals surface area contributed by atoms with Gasteiger partial charge in [0.1, 0.15) is 0 Å². The quantitative estimate of drug-likeness (QED) is 0.715. The number of amides is 1. The standard InChI is InChI=1S/C11H20N2O4/c1-12(2)4-3-10(14)13-5-6-17-9(8-13)7-11(15)16/h9H,3-8H2,1-2H3,(H,15,16). The molecule has 17 heavy (non-hydrogen) atoms. The first-order valence-electron chi connectivity index (χ1n) is 5.75. The molecule has 98 valence electrons. The van der Waals surface area contributed by atoms with Gasteiger partial charge in [0.2, 0.25) is 5.91 Å². The van der Waals surface area contributed by atoms with Crippen LogP contribution in [-0.2, 0) is 14.3 Å². The number of ether oxygens (including phenoxy) is 1. The van der Waals surface area contributed by atoms with Gasteiger partial charge in [0, 0.05) is 26.1 Å². The summed E-state index contributed by atoms with van der Waals surface area (Å²) in [7, 11) is 3.83. The number of hydrogen-bond donors (Lipinski definition) is 1. The predicted molar refractivity (Wildman–Crippen MR) is 61.7 cm³/mol. The number of carbonyl (C=O) groups excluding carboxylic acids is 1. The van der Waals surface area contributed by atoms with Crippen LogP contribution >= 0.6 is 0 Å². The normalized spacial score (nSPS) is 20.6. The van der Waals surface area contributed by atoms with Crippen LogP contribution in [-0.4, -0.2) is 73.2 Å². The molecule has 0 spiro atoms. The Bertz CT molecular complexity index is 281. The molecule has 1 aliphatic rings. The van der Waals surface area contributed by atoms with Crippen molar-refractivity contribution in [2.75, 3.05) is 40.3 Å². The molecule has 0 aliphatic carbocycles. The van der Waals surface area contributed by atoms with Crippen molar-refractivity contribution in [3.8, 4) is 0 Å². The Hall–Kier alpha value is -1.14. The summed E-state index contributed by atoms with van der Waals surface area (Å²) in [4.78, 5) is 26.0. The van der Waals surface area contributed by atoms with E-state index >= 15 is 0 Å². The average Bonchev–Trinajstić information content (AvgIpc) is 2.25. The lowest BCUT2D eigenvalue weighted by Crippen LogP contribution is -2.46. The van der Waals surface area contributed by atoms with E-state index in [9.17, 15) is 9.59 Å². The Morgan fingerprint density at radius 1 is 1.47 bits per heavy atom. The first kappa shape index (κ1) is 13.9. The highest BCUT2D eigenvalue weighted by Crippen LogP contribution is 2.10. The zero-order valence-electron chi connectivity index (χ0n) is 10.4. The fourth-order valence-corrected chi connectivity index (χ4v) is 1.74. The Morgan fingerprint density at radius 3 is 2.76 bits per heavy atom. The van der Waals surface area contributed by atoms with Crippen LogP contribution in [0.4, 0.5) is 0 Å². The number of carboxylic acids is 1. The maximum atomic E-state index is 11.8. The molecule has 1 N–H and O–H groups in total. The number of morpholine rings is 1. The lowest BCUT2D eigenvalue weighted by molar-refractivity contribution is -0.147. The van der Waals surface area contributed by atoms with Crippen molar-refractivity contribution >= 4 is 11.9 Å². The maximum Gasteiger partial charge on any atom is 0.306 e. The van der Waals surface area contributed by atoms with Crippen LogP contribution in [0.15, 0.2) is 0 Å². The van der Waals surface area contributed by atoms with E-state index < -0.39 is 5.97 Å². The van der Waals surface area contributed by atoms with Gasteiger partial charge in [-0.3, -0.25) is 9.59 Å². The summed E-state index contributed by atoms with van der Waals surface area (Å²) in [6.07, 6.45) is 0.0501. The molecule has 0 aromatic rings. The van der Waals surface area contributed by atoms with Crippen LogP contribution in [0.1, 0.15) is 12.8 Å². The van der Waals surface area contributed by atoms with Crippen LogP contribution < -0.4 is 0 Å². The average molecular weight is 244 g/mol. The molecule has 1 rings (SSSR count). The smallest absolute Gasteiger partial charge is 0.306 e. The third-order valence-corrected chi connectivity index (χ3v) is 2.67. The van der Waals surface area contributed by atoms with Crippen molar-refractivity contribution in [1.82, 2.24) is 9.80 Å². The van der Waals surface area contributed by atoms with Crippen molar-refractivity contribution < 1.29 is 19.4 Å². The molecule has 1 saturated heterocycles. The first-order valence-corrected chi connectivity index (χ1v) is 5.75. The van der Waals surface area contributed by atoms with Gasteiger partial charge in [-0.1, -0.05) is 0 Å². The molecule has 1 atom stereocenters. The second kappa shape index (κ2) is 6.56. The molecule has 1 aliphatic heterocycles. The van der Waals surface area contributed by atoms with Crippen LogP contribution in [0.25, 0.3) is 0 Å². The van der Waals surface area contributed by atoms with Crippen LogP contribution in [0.2, 0.25) is 0 Å². The molecule has 1 amide bonds. The van der Waals surface area contributed by atoms with E-state index in [2.05, 4.69) is 0 Å². The minimum Gasteiger partial charge on any atom is -0.481 e. The highest BCUT2D eigenvalue weighted by molar-refractivity contribution is 5.76. The second-order valence-corrected chi connectivity index (χ2v) is 4.48. The number of rotatable bonds is 5. The van der Waals surface area contributed by atoms with Crippen LogP contribution in [0.3, 0.4) is 0 Å². The van der Waals surface area contributed by atoms with E-state index in [4.69, 9.17) is 9.84 Å². The molecule has 0 radical (unpaired) electrons.